The number of nitrogens with zero attached hydrogens (tertiary/aromatic N) is 2. The molecule has 0 aromatic heterocycles. The number of ether oxygens (including phenoxy) is 1. The average molecular weight is 425 g/mol. The lowest BCUT2D eigenvalue weighted by Gasteiger charge is -2.27. The van der Waals surface area contributed by atoms with Gasteiger partial charge in [0.15, 0.2) is 0 Å². The van der Waals surface area contributed by atoms with Crippen molar-refractivity contribution in [1.29, 1.82) is 0 Å². The van der Waals surface area contributed by atoms with E-state index in [-0.39, 0.29) is 18.4 Å². The van der Waals surface area contributed by atoms with Gasteiger partial charge in [0.25, 0.3) is 0 Å². The van der Waals surface area contributed by atoms with Gasteiger partial charge in [0.1, 0.15) is 6.61 Å². The van der Waals surface area contributed by atoms with Gasteiger partial charge >= 0.3 is 5.97 Å². The van der Waals surface area contributed by atoms with Crippen LogP contribution in [-0.4, -0.2) is 37.1 Å². The fraction of sp³-hybridized carbons (Fsp3) is 0.240. The molecule has 0 aliphatic carbocycles. The predicted octanol–water partition coefficient (Wildman–Crippen LogP) is 6.08. The number of hydrogen-bond donors (Lipinski definition) is 0. The summed E-state index contributed by atoms with van der Waals surface area (Å²) in [5.74, 6) is -0.301. The third-order valence-corrected chi connectivity index (χ3v) is 4.93. The second-order valence-corrected chi connectivity index (χ2v) is 6.69. The molecule has 0 unspecified atom stereocenters. The molecular formula is C25H29ClN2O2. The summed E-state index contributed by atoms with van der Waals surface area (Å²) < 4.78 is 5.62. The van der Waals surface area contributed by atoms with E-state index >= 15 is 0 Å². The highest BCUT2D eigenvalue weighted by Gasteiger charge is 2.20. The molecule has 0 bridgehead atoms. The Morgan fingerprint density at radius 1 is 0.767 bits per heavy atom. The zero-order chi connectivity index (χ0) is 20.5. The standard InChI is InChI=1S/C25H28N2O2.ClH/c1-3-26(4-2)19-20-29-25(28)23-17-11-12-18-24(23)27(21-13-7-5-8-14-21)22-15-9-6-10-16-22;/h5-18H,3-4,19-20H2,1-2H3;1H. The Morgan fingerprint density at radius 2 is 1.27 bits per heavy atom. The summed E-state index contributed by atoms with van der Waals surface area (Å²) in [4.78, 5) is 17.2. The van der Waals surface area contributed by atoms with E-state index in [2.05, 4.69) is 23.6 Å². The van der Waals surface area contributed by atoms with Crippen molar-refractivity contribution in [3.63, 3.8) is 0 Å². The first-order chi connectivity index (χ1) is 14.2. The zero-order valence-electron chi connectivity index (χ0n) is 17.5. The van der Waals surface area contributed by atoms with E-state index in [0.717, 1.165) is 36.7 Å². The quantitative estimate of drug-likeness (QED) is 0.390. The van der Waals surface area contributed by atoms with Crippen LogP contribution in [0.15, 0.2) is 84.9 Å². The van der Waals surface area contributed by atoms with Crippen molar-refractivity contribution in [2.75, 3.05) is 31.1 Å². The first-order valence-electron chi connectivity index (χ1n) is 10.1. The van der Waals surface area contributed by atoms with Crippen molar-refractivity contribution < 1.29 is 9.53 Å². The molecule has 0 aliphatic rings. The Bertz CT molecular complexity index is 860. The monoisotopic (exact) mass is 424 g/mol. The van der Waals surface area contributed by atoms with Gasteiger partial charge in [0, 0.05) is 17.9 Å². The summed E-state index contributed by atoms with van der Waals surface area (Å²) >= 11 is 0. The molecule has 5 heteroatoms. The summed E-state index contributed by atoms with van der Waals surface area (Å²) in [6.45, 7) is 7.23. The van der Waals surface area contributed by atoms with Crippen LogP contribution in [0.1, 0.15) is 24.2 Å². The molecule has 30 heavy (non-hydrogen) atoms. The molecule has 3 aromatic rings. The number of hydrogen-bond acceptors (Lipinski definition) is 4. The third-order valence-electron chi connectivity index (χ3n) is 4.93. The van der Waals surface area contributed by atoms with E-state index in [0.29, 0.717) is 12.2 Å². The lowest BCUT2D eigenvalue weighted by molar-refractivity contribution is 0.0467. The van der Waals surface area contributed by atoms with E-state index in [1.54, 1.807) is 0 Å². The zero-order valence-corrected chi connectivity index (χ0v) is 18.3. The molecule has 0 radical (unpaired) electrons. The number of carbonyl (C=O) groups is 1. The maximum absolute atomic E-state index is 12.9. The predicted molar refractivity (Wildman–Crippen MR) is 126 cm³/mol. The van der Waals surface area contributed by atoms with Crippen LogP contribution in [0.5, 0.6) is 0 Å². The van der Waals surface area contributed by atoms with Gasteiger partial charge in [0.05, 0.1) is 11.3 Å². The van der Waals surface area contributed by atoms with Gasteiger partial charge in [0.2, 0.25) is 0 Å². The molecule has 3 aromatic carbocycles. The van der Waals surface area contributed by atoms with Gasteiger partial charge in [-0.15, -0.1) is 12.4 Å². The first kappa shape index (κ1) is 23.5. The minimum atomic E-state index is -0.301. The van der Waals surface area contributed by atoms with Crippen LogP contribution in [0.2, 0.25) is 0 Å². The average Bonchev–Trinajstić information content (AvgIpc) is 2.79. The van der Waals surface area contributed by atoms with Gasteiger partial charge in [-0.05, 0) is 49.5 Å². The Balaban J connectivity index is 0.00000320. The second kappa shape index (κ2) is 12.0. The van der Waals surface area contributed by atoms with Gasteiger partial charge < -0.3 is 14.5 Å². The molecule has 0 fully saturated rings. The van der Waals surface area contributed by atoms with Gasteiger partial charge in [-0.1, -0.05) is 62.4 Å². The van der Waals surface area contributed by atoms with Crippen LogP contribution < -0.4 is 4.90 Å². The first-order valence-corrected chi connectivity index (χ1v) is 10.1. The lowest BCUT2D eigenvalue weighted by Crippen LogP contribution is -2.28. The molecule has 0 spiro atoms. The Morgan fingerprint density at radius 3 is 1.80 bits per heavy atom. The summed E-state index contributed by atoms with van der Waals surface area (Å²) in [5.41, 5.74) is 3.33. The fourth-order valence-electron chi connectivity index (χ4n) is 3.31. The number of likely N-dealkylation sites (N-methyl/N-ethyl adjacent to an activating group) is 1. The van der Waals surface area contributed by atoms with Crippen molar-refractivity contribution in [2.24, 2.45) is 0 Å². The topological polar surface area (TPSA) is 32.8 Å². The van der Waals surface area contributed by atoms with Crippen molar-refractivity contribution in [3.8, 4) is 0 Å². The highest BCUT2D eigenvalue weighted by atomic mass is 35.5. The number of halogens is 1. The molecule has 4 nitrogen and oxygen atoms in total. The summed E-state index contributed by atoms with van der Waals surface area (Å²) in [6.07, 6.45) is 0. The minimum absolute atomic E-state index is 0. The second-order valence-electron chi connectivity index (χ2n) is 6.69. The van der Waals surface area contributed by atoms with Gasteiger partial charge in [-0.25, -0.2) is 4.79 Å². The molecule has 0 aliphatic heterocycles. The van der Waals surface area contributed by atoms with E-state index in [9.17, 15) is 4.79 Å². The number of rotatable bonds is 9. The van der Waals surface area contributed by atoms with Crippen molar-refractivity contribution in [1.82, 2.24) is 4.90 Å². The van der Waals surface area contributed by atoms with Crippen molar-refractivity contribution >= 4 is 35.4 Å². The highest BCUT2D eigenvalue weighted by molar-refractivity contribution is 5.98. The normalized spacial score (nSPS) is 10.4. The fourth-order valence-corrected chi connectivity index (χ4v) is 3.31. The summed E-state index contributed by atoms with van der Waals surface area (Å²) in [6, 6.07) is 27.7. The Labute approximate surface area is 185 Å². The molecule has 0 N–H and O–H groups in total. The summed E-state index contributed by atoms with van der Waals surface area (Å²) in [7, 11) is 0. The van der Waals surface area contributed by atoms with Crippen LogP contribution in [0.4, 0.5) is 17.1 Å². The third kappa shape index (κ3) is 5.85. The molecule has 0 amide bonds. The van der Waals surface area contributed by atoms with E-state index in [1.165, 1.54) is 0 Å². The van der Waals surface area contributed by atoms with E-state index < -0.39 is 0 Å². The van der Waals surface area contributed by atoms with Crippen molar-refractivity contribution in [3.05, 3.63) is 90.5 Å². The smallest absolute Gasteiger partial charge is 0.340 e. The molecule has 3 rings (SSSR count). The number of esters is 1. The molecular weight excluding hydrogens is 396 g/mol. The molecule has 0 saturated carbocycles. The summed E-state index contributed by atoms with van der Waals surface area (Å²) in [5, 5.41) is 0. The minimum Gasteiger partial charge on any atom is -0.461 e. The number of anilines is 3. The van der Waals surface area contributed by atoms with Crippen LogP contribution in [-0.2, 0) is 4.74 Å². The largest absolute Gasteiger partial charge is 0.461 e. The van der Waals surface area contributed by atoms with Crippen LogP contribution >= 0.6 is 12.4 Å². The molecule has 0 heterocycles. The van der Waals surface area contributed by atoms with Crippen LogP contribution in [0, 0.1) is 0 Å². The van der Waals surface area contributed by atoms with Gasteiger partial charge in [-0.2, -0.15) is 0 Å². The van der Waals surface area contributed by atoms with Gasteiger partial charge in [-0.3, -0.25) is 0 Å². The van der Waals surface area contributed by atoms with E-state index in [1.807, 2.05) is 84.9 Å². The van der Waals surface area contributed by atoms with Crippen molar-refractivity contribution in [2.45, 2.75) is 13.8 Å². The van der Waals surface area contributed by atoms with Crippen LogP contribution in [0.3, 0.4) is 0 Å². The Kier molecular flexibility index (Phi) is 9.39. The highest BCUT2D eigenvalue weighted by Crippen LogP contribution is 2.36. The number of benzene rings is 3. The maximum atomic E-state index is 12.9. The number of para-hydroxylation sites is 3. The Hall–Kier alpha value is -2.82. The van der Waals surface area contributed by atoms with E-state index in [4.69, 9.17) is 4.74 Å². The molecule has 0 saturated heterocycles. The SMILES string of the molecule is CCN(CC)CCOC(=O)c1ccccc1N(c1ccccc1)c1ccccc1.Cl. The van der Waals surface area contributed by atoms with Crippen LogP contribution in [0.25, 0.3) is 0 Å². The molecule has 158 valence electrons. The number of carbonyl (C=O) groups excluding carboxylic acids is 1. The maximum Gasteiger partial charge on any atom is 0.340 e. The molecule has 0 atom stereocenters. The lowest BCUT2D eigenvalue weighted by atomic mass is 10.1.